The molecule has 0 aromatic rings. The van der Waals surface area contributed by atoms with E-state index in [1.54, 1.807) is 0 Å². The monoisotopic (exact) mass is 302 g/mol. The maximum atomic E-state index is 2.68. The molecule has 2 aliphatic rings. The molecule has 2 atom stereocenters. The molecule has 0 aromatic carbocycles. The second kappa shape index (κ2) is 7.84. The third kappa shape index (κ3) is 4.06. The van der Waals surface area contributed by atoms with Crippen LogP contribution in [-0.4, -0.2) is 0 Å². The van der Waals surface area contributed by atoms with Crippen molar-refractivity contribution in [2.75, 3.05) is 0 Å². The van der Waals surface area contributed by atoms with Gasteiger partial charge in [0.2, 0.25) is 0 Å². The second-order valence-electron chi connectivity index (χ2n) is 8.81. The summed E-state index contributed by atoms with van der Waals surface area (Å²) in [6.07, 6.45) is 23.9. The zero-order chi connectivity index (χ0) is 16.1. The van der Waals surface area contributed by atoms with Gasteiger partial charge in [-0.3, -0.25) is 0 Å². The molecule has 0 nitrogen and oxygen atoms in total. The molecule has 2 rings (SSSR count). The molecule has 22 heavy (non-hydrogen) atoms. The van der Waals surface area contributed by atoms with Crippen LogP contribution in [0.1, 0.15) is 91.9 Å². The average molecular weight is 303 g/mol. The van der Waals surface area contributed by atoms with Gasteiger partial charge in [0.25, 0.3) is 0 Å². The number of hydrogen-bond acceptors (Lipinski definition) is 0. The molecule has 0 radical (unpaired) electrons. The summed E-state index contributed by atoms with van der Waals surface area (Å²) < 4.78 is 0. The number of allylic oxidation sites excluding steroid dienone is 4. The fraction of sp³-hybridized carbons (Fsp3) is 0.818. The van der Waals surface area contributed by atoms with Gasteiger partial charge in [0, 0.05) is 0 Å². The zero-order valence-corrected chi connectivity index (χ0v) is 15.5. The molecule has 0 spiro atoms. The maximum absolute atomic E-state index is 2.68. The lowest BCUT2D eigenvalue weighted by molar-refractivity contribution is 0.0244. The van der Waals surface area contributed by atoms with E-state index in [2.05, 4.69) is 52.0 Å². The van der Waals surface area contributed by atoms with Gasteiger partial charge in [-0.1, -0.05) is 64.8 Å². The SMILES string of the molecule is CC(C)CCC1(C2(CCC(C)C)CC=CCC2)C=CCCC1. The van der Waals surface area contributed by atoms with Crippen LogP contribution >= 0.6 is 0 Å². The summed E-state index contributed by atoms with van der Waals surface area (Å²) in [5, 5.41) is 0. The second-order valence-corrected chi connectivity index (χ2v) is 8.81. The van der Waals surface area contributed by atoms with E-state index in [0.717, 1.165) is 11.8 Å². The normalized spacial score (nSPS) is 32.1. The Morgan fingerprint density at radius 2 is 1.55 bits per heavy atom. The van der Waals surface area contributed by atoms with Crippen molar-refractivity contribution in [2.45, 2.75) is 91.9 Å². The molecule has 0 saturated heterocycles. The molecule has 0 heterocycles. The highest BCUT2D eigenvalue weighted by Gasteiger charge is 2.48. The molecule has 2 aliphatic carbocycles. The summed E-state index contributed by atoms with van der Waals surface area (Å²) in [4.78, 5) is 0. The van der Waals surface area contributed by atoms with Gasteiger partial charge in [-0.25, -0.2) is 0 Å². The zero-order valence-electron chi connectivity index (χ0n) is 15.5. The predicted octanol–water partition coefficient (Wildman–Crippen LogP) is 7.31. The number of hydrogen-bond donors (Lipinski definition) is 0. The van der Waals surface area contributed by atoms with E-state index in [4.69, 9.17) is 0 Å². The van der Waals surface area contributed by atoms with Crippen LogP contribution in [0.5, 0.6) is 0 Å². The van der Waals surface area contributed by atoms with Gasteiger partial charge in [0.05, 0.1) is 0 Å². The van der Waals surface area contributed by atoms with Gasteiger partial charge in [0.15, 0.2) is 0 Å². The fourth-order valence-electron chi connectivity index (χ4n) is 4.77. The summed E-state index contributed by atoms with van der Waals surface area (Å²) in [5.74, 6) is 1.66. The highest BCUT2D eigenvalue weighted by atomic mass is 14.5. The van der Waals surface area contributed by atoms with Crippen molar-refractivity contribution in [2.24, 2.45) is 22.7 Å². The van der Waals surface area contributed by atoms with Crippen LogP contribution in [0.15, 0.2) is 24.3 Å². The first-order chi connectivity index (χ1) is 10.5. The summed E-state index contributed by atoms with van der Waals surface area (Å²) in [7, 11) is 0. The molecule has 0 heteroatoms. The molecular formula is C22H38. The maximum Gasteiger partial charge on any atom is -0.00586 e. The summed E-state index contributed by atoms with van der Waals surface area (Å²) in [5.41, 5.74) is 1.02. The Kier molecular flexibility index (Phi) is 6.36. The first kappa shape index (κ1) is 17.8. The van der Waals surface area contributed by atoms with Gasteiger partial charge >= 0.3 is 0 Å². The highest BCUT2D eigenvalue weighted by molar-refractivity contribution is 5.16. The van der Waals surface area contributed by atoms with E-state index < -0.39 is 0 Å². The van der Waals surface area contributed by atoms with Crippen LogP contribution in [-0.2, 0) is 0 Å². The van der Waals surface area contributed by atoms with Gasteiger partial charge in [-0.2, -0.15) is 0 Å². The van der Waals surface area contributed by atoms with Crippen LogP contribution in [0.25, 0.3) is 0 Å². The molecule has 0 fully saturated rings. The van der Waals surface area contributed by atoms with Crippen LogP contribution < -0.4 is 0 Å². The van der Waals surface area contributed by atoms with E-state index in [1.165, 1.54) is 64.2 Å². The third-order valence-electron chi connectivity index (χ3n) is 6.32. The third-order valence-corrected chi connectivity index (χ3v) is 6.32. The highest BCUT2D eigenvalue weighted by Crippen LogP contribution is 2.58. The van der Waals surface area contributed by atoms with Crippen LogP contribution in [0.3, 0.4) is 0 Å². The van der Waals surface area contributed by atoms with Crippen molar-refractivity contribution in [3.05, 3.63) is 24.3 Å². The van der Waals surface area contributed by atoms with Crippen LogP contribution in [0.2, 0.25) is 0 Å². The summed E-state index contributed by atoms with van der Waals surface area (Å²) >= 11 is 0. The lowest BCUT2D eigenvalue weighted by Gasteiger charge is -2.53. The minimum Gasteiger partial charge on any atom is -0.0885 e. The molecule has 0 saturated carbocycles. The quantitative estimate of drug-likeness (QED) is 0.432. The van der Waals surface area contributed by atoms with Gasteiger partial charge < -0.3 is 0 Å². The predicted molar refractivity (Wildman–Crippen MR) is 99.0 cm³/mol. The van der Waals surface area contributed by atoms with E-state index in [-0.39, 0.29) is 0 Å². The van der Waals surface area contributed by atoms with Crippen molar-refractivity contribution < 1.29 is 0 Å². The van der Waals surface area contributed by atoms with Crippen LogP contribution in [0.4, 0.5) is 0 Å². The minimum absolute atomic E-state index is 0.481. The molecule has 0 aliphatic heterocycles. The van der Waals surface area contributed by atoms with Crippen molar-refractivity contribution >= 4 is 0 Å². The lowest BCUT2D eigenvalue weighted by atomic mass is 9.51. The molecule has 2 unspecified atom stereocenters. The Labute approximate surface area is 139 Å². The van der Waals surface area contributed by atoms with E-state index in [0.29, 0.717) is 10.8 Å². The number of rotatable bonds is 7. The van der Waals surface area contributed by atoms with Gasteiger partial charge in [0.1, 0.15) is 0 Å². The van der Waals surface area contributed by atoms with Gasteiger partial charge in [-0.05, 0) is 74.0 Å². The van der Waals surface area contributed by atoms with E-state index in [1.807, 2.05) is 0 Å². The van der Waals surface area contributed by atoms with Crippen molar-refractivity contribution in [3.63, 3.8) is 0 Å². The van der Waals surface area contributed by atoms with Crippen LogP contribution in [0, 0.1) is 22.7 Å². The molecule has 0 aromatic heterocycles. The standard InChI is InChI=1S/C22H38/c1-19(2)11-17-21(13-7-5-8-14-21)22(18-12-20(3)4)15-9-6-10-16-22/h5,7,9,15,19-20H,6,8,10-14,16-18H2,1-4H3. The molecule has 0 bridgehead atoms. The van der Waals surface area contributed by atoms with Crippen molar-refractivity contribution in [3.8, 4) is 0 Å². The summed E-state index contributed by atoms with van der Waals surface area (Å²) in [6.45, 7) is 9.57. The van der Waals surface area contributed by atoms with Gasteiger partial charge in [-0.15, -0.1) is 0 Å². The van der Waals surface area contributed by atoms with E-state index in [9.17, 15) is 0 Å². The Morgan fingerprint density at radius 1 is 0.818 bits per heavy atom. The Balaban J connectivity index is 2.28. The Hall–Kier alpha value is -0.520. The largest absolute Gasteiger partial charge is 0.0885 e. The van der Waals surface area contributed by atoms with Crippen molar-refractivity contribution in [1.29, 1.82) is 0 Å². The smallest absolute Gasteiger partial charge is 0.00586 e. The molecular weight excluding hydrogens is 264 g/mol. The fourth-order valence-corrected chi connectivity index (χ4v) is 4.77. The topological polar surface area (TPSA) is 0 Å². The lowest BCUT2D eigenvalue weighted by Crippen LogP contribution is -2.43. The first-order valence-corrected chi connectivity index (χ1v) is 9.82. The molecule has 126 valence electrons. The molecule has 0 amide bonds. The van der Waals surface area contributed by atoms with Crippen molar-refractivity contribution in [1.82, 2.24) is 0 Å². The summed E-state index contributed by atoms with van der Waals surface area (Å²) in [6, 6.07) is 0. The Bertz CT molecular complexity index is 387. The molecule has 0 N–H and O–H groups in total. The minimum atomic E-state index is 0.481. The Morgan fingerprint density at radius 3 is 2.09 bits per heavy atom. The average Bonchev–Trinajstić information content (AvgIpc) is 2.53. The van der Waals surface area contributed by atoms with E-state index >= 15 is 0 Å². The first-order valence-electron chi connectivity index (χ1n) is 9.82.